The molecule has 0 bridgehead atoms. The Labute approximate surface area is 206 Å². The number of anilines is 1. The summed E-state index contributed by atoms with van der Waals surface area (Å²) in [5, 5.41) is 14.1. The van der Waals surface area contributed by atoms with Gasteiger partial charge in [-0.25, -0.2) is 9.50 Å². The van der Waals surface area contributed by atoms with Crippen molar-refractivity contribution in [3.63, 3.8) is 0 Å². The molecule has 8 nitrogen and oxygen atoms in total. The molecule has 5 heterocycles. The zero-order valence-corrected chi connectivity index (χ0v) is 20.0. The number of aryl methyl sites for hydroxylation is 1. The van der Waals surface area contributed by atoms with Gasteiger partial charge < -0.3 is 9.80 Å². The van der Waals surface area contributed by atoms with E-state index in [0.29, 0.717) is 30.9 Å². The summed E-state index contributed by atoms with van der Waals surface area (Å²) in [5.41, 5.74) is 1.06. The maximum Gasteiger partial charge on any atom is 0.416 e. The van der Waals surface area contributed by atoms with Gasteiger partial charge in [0, 0.05) is 43.7 Å². The molecule has 5 rings (SSSR count). The lowest BCUT2D eigenvalue weighted by Crippen LogP contribution is -2.39. The van der Waals surface area contributed by atoms with E-state index in [2.05, 4.69) is 28.0 Å². The number of amides is 1. The van der Waals surface area contributed by atoms with Gasteiger partial charge in [0.2, 0.25) is 0 Å². The minimum atomic E-state index is -4.55. The van der Waals surface area contributed by atoms with E-state index in [-0.39, 0.29) is 23.6 Å². The number of aromatic nitrogens is 4. The van der Waals surface area contributed by atoms with E-state index in [4.69, 9.17) is 4.98 Å². The van der Waals surface area contributed by atoms with E-state index in [1.54, 1.807) is 9.42 Å². The predicted molar refractivity (Wildman–Crippen MR) is 125 cm³/mol. The molecule has 2 saturated heterocycles. The Morgan fingerprint density at radius 1 is 1.22 bits per heavy atom. The van der Waals surface area contributed by atoms with Gasteiger partial charge in [-0.1, -0.05) is 6.92 Å². The number of nitriles is 1. The molecule has 2 fully saturated rings. The maximum atomic E-state index is 13.3. The number of pyridine rings is 1. The molecule has 36 heavy (non-hydrogen) atoms. The van der Waals surface area contributed by atoms with Gasteiger partial charge in [0.25, 0.3) is 5.91 Å². The summed E-state index contributed by atoms with van der Waals surface area (Å²) < 4.78 is 41.2. The summed E-state index contributed by atoms with van der Waals surface area (Å²) in [5.74, 6) is 0.470. The monoisotopic (exact) mass is 497 g/mol. The molecule has 0 unspecified atom stereocenters. The van der Waals surface area contributed by atoms with Gasteiger partial charge in [-0.2, -0.15) is 23.5 Å². The Hall–Kier alpha value is -3.68. The van der Waals surface area contributed by atoms with Crippen molar-refractivity contribution in [2.75, 3.05) is 24.5 Å². The van der Waals surface area contributed by atoms with Gasteiger partial charge in [0.15, 0.2) is 5.65 Å². The Kier molecular flexibility index (Phi) is 6.06. The Balaban J connectivity index is 1.45. The molecule has 0 saturated carbocycles. The molecule has 11 heteroatoms. The van der Waals surface area contributed by atoms with Crippen molar-refractivity contribution in [2.45, 2.75) is 45.3 Å². The number of carbonyl (C=O) groups is 1. The predicted octanol–water partition coefficient (Wildman–Crippen LogP) is 4.41. The molecule has 3 atom stereocenters. The minimum Gasteiger partial charge on any atom is -0.355 e. The second-order valence-electron chi connectivity index (χ2n) is 9.67. The Morgan fingerprint density at radius 3 is 2.75 bits per heavy atom. The Morgan fingerprint density at radius 2 is 2.03 bits per heavy atom. The highest BCUT2D eigenvalue weighted by atomic mass is 19.4. The molecule has 188 valence electrons. The molecule has 3 aromatic rings. The molecule has 0 radical (unpaired) electrons. The quantitative estimate of drug-likeness (QED) is 0.532. The molecule has 0 aromatic carbocycles. The Bertz CT molecular complexity index is 1350. The third-order valence-corrected chi connectivity index (χ3v) is 7.11. The number of hydrogen-bond donors (Lipinski definition) is 0. The van der Waals surface area contributed by atoms with E-state index < -0.39 is 17.6 Å². The van der Waals surface area contributed by atoms with Crippen LogP contribution in [0.15, 0.2) is 30.6 Å². The zero-order valence-electron chi connectivity index (χ0n) is 20.0. The van der Waals surface area contributed by atoms with E-state index in [1.165, 1.54) is 0 Å². The minimum absolute atomic E-state index is 0.0471. The van der Waals surface area contributed by atoms with Crippen LogP contribution in [-0.4, -0.2) is 50.0 Å². The van der Waals surface area contributed by atoms with Crippen molar-refractivity contribution in [3.05, 3.63) is 53.1 Å². The lowest BCUT2D eigenvalue weighted by atomic mass is 9.98. The normalized spacial score (nSPS) is 22.7. The van der Waals surface area contributed by atoms with Gasteiger partial charge >= 0.3 is 6.18 Å². The molecular weight excluding hydrogens is 471 g/mol. The fourth-order valence-electron chi connectivity index (χ4n) is 5.16. The summed E-state index contributed by atoms with van der Waals surface area (Å²) in [7, 11) is 0. The SMILES string of the molecule is Cc1cn2nc([C@@H]3CCCCN3C(=O)c3cc(C(F)(F)F)ccn3)cc2nc1N1C[C@@H](C#N)[C@@H](C)C1. The van der Waals surface area contributed by atoms with E-state index in [1.807, 2.05) is 19.2 Å². The van der Waals surface area contributed by atoms with Crippen LogP contribution in [0.3, 0.4) is 0 Å². The second-order valence-corrected chi connectivity index (χ2v) is 9.67. The number of alkyl halides is 3. The first kappa shape index (κ1) is 24.0. The summed E-state index contributed by atoms with van der Waals surface area (Å²) in [6.07, 6.45) is 0.621. The van der Waals surface area contributed by atoms with Crippen molar-refractivity contribution in [2.24, 2.45) is 11.8 Å². The van der Waals surface area contributed by atoms with Crippen molar-refractivity contribution in [1.82, 2.24) is 24.5 Å². The van der Waals surface area contributed by atoms with Crippen LogP contribution in [0, 0.1) is 30.1 Å². The van der Waals surface area contributed by atoms with Gasteiger partial charge in [-0.3, -0.25) is 9.78 Å². The van der Waals surface area contributed by atoms with Crippen molar-refractivity contribution < 1.29 is 18.0 Å². The van der Waals surface area contributed by atoms with Crippen LogP contribution in [0.5, 0.6) is 0 Å². The fraction of sp³-hybridized carbons (Fsp3) is 0.480. The van der Waals surface area contributed by atoms with Gasteiger partial charge in [0.05, 0.1) is 29.3 Å². The first-order valence-corrected chi connectivity index (χ1v) is 12.0. The standard InChI is InChI=1S/C25H26F3N7O/c1-15-12-33(14-17(15)11-29)23-16(2)13-35-22(31-23)10-19(32-35)21-5-3-4-8-34(21)24(36)20-9-18(6-7-30-20)25(26,27)28/h6-7,9-10,13,15,17,21H,3-5,8,12,14H2,1-2H3/t15-,17+,21-/m0/s1. The first-order valence-electron chi connectivity index (χ1n) is 12.0. The van der Waals surface area contributed by atoms with Crippen molar-refractivity contribution >= 4 is 17.4 Å². The maximum absolute atomic E-state index is 13.3. The van der Waals surface area contributed by atoms with E-state index in [0.717, 1.165) is 49.1 Å². The molecule has 0 N–H and O–H groups in total. The number of piperidine rings is 1. The summed E-state index contributed by atoms with van der Waals surface area (Å²) in [4.78, 5) is 25.7. The second kappa shape index (κ2) is 9.08. The average molecular weight is 498 g/mol. The van der Waals surface area contributed by atoms with Crippen LogP contribution in [0.4, 0.5) is 19.0 Å². The molecule has 0 aliphatic carbocycles. The highest BCUT2D eigenvalue weighted by Crippen LogP contribution is 2.34. The third kappa shape index (κ3) is 4.36. The number of halogens is 3. The fourth-order valence-corrected chi connectivity index (χ4v) is 5.16. The van der Waals surface area contributed by atoms with Crippen LogP contribution >= 0.6 is 0 Å². The number of rotatable bonds is 3. The number of nitrogens with zero attached hydrogens (tertiary/aromatic N) is 7. The highest BCUT2D eigenvalue weighted by molar-refractivity contribution is 5.92. The molecular formula is C25H26F3N7O. The molecule has 3 aromatic heterocycles. The van der Waals surface area contributed by atoms with Crippen molar-refractivity contribution in [1.29, 1.82) is 5.26 Å². The average Bonchev–Trinajstić information content (AvgIpc) is 3.45. The lowest BCUT2D eigenvalue weighted by molar-refractivity contribution is -0.137. The molecule has 2 aliphatic rings. The number of carbonyl (C=O) groups excluding carboxylic acids is 1. The van der Waals surface area contributed by atoms with Gasteiger partial charge in [-0.15, -0.1) is 0 Å². The highest BCUT2D eigenvalue weighted by Gasteiger charge is 2.35. The summed E-state index contributed by atoms with van der Waals surface area (Å²) in [6.45, 7) is 5.79. The van der Waals surface area contributed by atoms with Crippen LogP contribution < -0.4 is 4.90 Å². The van der Waals surface area contributed by atoms with E-state index >= 15 is 0 Å². The lowest BCUT2D eigenvalue weighted by Gasteiger charge is -2.34. The van der Waals surface area contributed by atoms with Gasteiger partial charge in [-0.05, 0) is 44.2 Å². The number of hydrogen-bond acceptors (Lipinski definition) is 6. The van der Waals surface area contributed by atoms with Gasteiger partial charge in [0.1, 0.15) is 11.5 Å². The number of fused-ring (bicyclic) bond motifs is 1. The number of likely N-dealkylation sites (tertiary alicyclic amines) is 1. The zero-order chi connectivity index (χ0) is 25.6. The molecule has 0 spiro atoms. The molecule has 1 amide bonds. The van der Waals surface area contributed by atoms with Crippen molar-refractivity contribution in [3.8, 4) is 6.07 Å². The summed E-state index contributed by atoms with van der Waals surface area (Å²) in [6, 6.07) is 5.48. The van der Waals surface area contributed by atoms with E-state index in [9.17, 15) is 23.2 Å². The summed E-state index contributed by atoms with van der Waals surface area (Å²) >= 11 is 0. The molecule has 2 aliphatic heterocycles. The largest absolute Gasteiger partial charge is 0.416 e. The first-order chi connectivity index (χ1) is 17.2. The smallest absolute Gasteiger partial charge is 0.355 e. The van der Waals surface area contributed by atoms with Crippen LogP contribution in [0.2, 0.25) is 0 Å². The third-order valence-electron chi connectivity index (χ3n) is 7.11. The topological polar surface area (TPSA) is 90.4 Å². The van der Waals surface area contributed by atoms with Crippen LogP contribution in [-0.2, 0) is 6.18 Å². The van der Waals surface area contributed by atoms with Crippen LogP contribution in [0.1, 0.15) is 59.5 Å². The van der Waals surface area contributed by atoms with Crippen LogP contribution in [0.25, 0.3) is 5.65 Å².